The molecule has 0 aliphatic carbocycles. The Labute approximate surface area is 149 Å². The van der Waals surface area contributed by atoms with Crippen LogP contribution in [0.15, 0.2) is 46.9 Å². The van der Waals surface area contributed by atoms with Gasteiger partial charge in [0.05, 0.1) is 9.80 Å². The van der Waals surface area contributed by atoms with Crippen molar-refractivity contribution in [2.75, 3.05) is 4.90 Å². The largest absolute Gasteiger partial charge is 0.381 e. The summed E-state index contributed by atoms with van der Waals surface area (Å²) in [7, 11) is 0. The predicted molar refractivity (Wildman–Crippen MR) is 90.0 cm³/mol. The molecule has 2 aliphatic heterocycles. The molecule has 0 N–H and O–H groups in total. The number of imide groups is 1. The van der Waals surface area contributed by atoms with Crippen LogP contribution >= 0.6 is 11.3 Å². The molecular formula is C16H9N3O6S. The van der Waals surface area contributed by atoms with Crippen LogP contribution in [-0.2, 0) is 14.4 Å². The number of carbonyl (C=O) groups is 3. The van der Waals surface area contributed by atoms with E-state index in [4.69, 9.17) is 4.84 Å². The van der Waals surface area contributed by atoms with Crippen molar-refractivity contribution in [3.05, 3.63) is 56.8 Å². The first-order chi connectivity index (χ1) is 12.5. The fraction of sp³-hybridized carbons (Fsp3) is 0.125. The van der Waals surface area contributed by atoms with E-state index in [1.54, 1.807) is 17.5 Å². The zero-order valence-corrected chi connectivity index (χ0v) is 13.7. The van der Waals surface area contributed by atoms with Crippen molar-refractivity contribution in [3.8, 4) is 0 Å². The number of oxime groups is 1. The van der Waals surface area contributed by atoms with Crippen molar-refractivity contribution in [2.24, 2.45) is 11.1 Å². The molecule has 3 heterocycles. The lowest BCUT2D eigenvalue weighted by Gasteiger charge is -2.15. The van der Waals surface area contributed by atoms with E-state index in [1.165, 1.54) is 35.6 Å². The number of para-hydroxylation sites is 2. The molecule has 26 heavy (non-hydrogen) atoms. The maximum absolute atomic E-state index is 12.8. The average Bonchev–Trinajstić information content (AvgIpc) is 3.34. The molecule has 0 spiro atoms. The van der Waals surface area contributed by atoms with Crippen molar-refractivity contribution in [1.82, 2.24) is 0 Å². The van der Waals surface area contributed by atoms with Gasteiger partial charge in [-0.1, -0.05) is 23.4 Å². The lowest BCUT2D eigenvalue weighted by Crippen LogP contribution is -2.34. The van der Waals surface area contributed by atoms with Crippen molar-refractivity contribution in [1.29, 1.82) is 0 Å². The van der Waals surface area contributed by atoms with Gasteiger partial charge in [-0.05, 0) is 17.5 Å². The monoisotopic (exact) mass is 371 g/mol. The third kappa shape index (κ3) is 2.23. The number of carbonyl (C=O) groups excluding carboxylic acids is 3. The number of hydrogen-bond acceptors (Lipinski definition) is 8. The van der Waals surface area contributed by atoms with E-state index in [-0.39, 0.29) is 11.4 Å². The van der Waals surface area contributed by atoms with Crippen LogP contribution in [0.1, 0.15) is 9.67 Å². The maximum atomic E-state index is 12.8. The number of fused-ring (bicyclic) bond motifs is 1. The van der Waals surface area contributed by atoms with Crippen LogP contribution in [-0.4, -0.2) is 34.3 Å². The molecule has 0 saturated carbocycles. The third-order valence-corrected chi connectivity index (χ3v) is 4.98. The topological polar surface area (TPSA) is 119 Å². The molecule has 130 valence electrons. The Hall–Kier alpha value is -3.40. The number of rotatable bonds is 4. The Kier molecular flexibility index (Phi) is 3.62. The second-order valence-corrected chi connectivity index (χ2v) is 6.49. The first kappa shape index (κ1) is 16.1. The number of thiophene rings is 1. The molecule has 2 aromatic rings. The molecule has 1 fully saturated rings. The highest BCUT2D eigenvalue weighted by Crippen LogP contribution is 2.38. The van der Waals surface area contributed by atoms with E-state index in [9.17, 15) is 24.5 Å². The number of nitro benzene ring substituents is 1. The number of benzene rings is 1. The Balaban J connectivity index is 1.72. The highest BCUT2D eigenvalue weighted by Gasteiger charge is 2.58. The van der Waals surface area contributed by atoms with Crippen molar-refractivity contribution >= 4 is 46.0 Å². The van der Waals surface area contributed by atoms with Gasteiger partial charge in [0.2, 0.25) is 17.8 Å². The summed E-state index contributed by atoms with van der Waals surface area (Å²) in [6, 6.07) is 8.64. The molecule has 2 aliphatic rings. The van der Waals surface area contributed by atoms with Gasteiger partial charge in [-0.3, -0.25) is 24.5 Å². The van der Waals surface area contributed by atoms with Gasteiger partial charge < -0.3 is 4.84 Å². The second-order valence-electron chi connectivity index (χ2n) is 5.54. The number of hydrogen-bond donors (Lipinski definition) is 0. The summed E-state index contributed by atoms with van der Waals surface area (Å²) in [6.07, 6.45) is -1.29. The molecule has 9 nitrogen and oxygen atoms in total. The lowest BCUT2D eigenvalue weighted by atomic mass is 9.96. The van der Waals surface area contributed by atoms with Crippen LogP contribution in [0.5, 0.6) is 0 Å². The van der Waals surface area contributed by atoms with E-state index < -0.39 is 40.2 Å². The van der Waals surface area contributed by atoms with Gasteiger partial charge >= 0.3 is 0 Å². The first-order valence-corrected chi connectivity index (χ1v) is 8.32. The molecule has 1 aromatic carbocycles. The lowest BCUT2D eigenvalue weighted by molar-refractivity contribution is -0.384. The summed E-state index contributed by atoms with van der Waals surface area (Å²) in [5.41, 5.74) is -0.720. The highest BCUT2D eigenvalue weighted by atomic mass is 32.1. The molecule has 2 amide bonds. The number of amides is 2. The molecule has 10 heteroatoms. The molecule has 0 radical (unpaired) electrons. The van der Waals surface area contributed by atoms with Crippen LogP contribution in [0.2, 0.25) is 0 Å². The standard InChI is InChI=1S/C16H9N3O6S/c20-13(10-6-3-7-26-10)12-11-14(25-17-12)16(22)18(15(11)21)8-4-1-2-5-9(8)19(23)24/h1-7,11,14H/t11-,14-/m1/s1. The molecule has 2 atom stereocenters. The SMILES string of the molecule is O=C(C1=NO[C@H]2C(=O)N(c3ccccc3[N+](=O)[O-])C(=O)[C@H]12)c1cccs1. The number of Topliss-reactive ketones (excluding diaryl/α,β-unsaturated/α-hetero) is 1. The van der Waals surface area contributed by atoms with Gasteiger partial charge in [-0.25, -0.2) is 4.90 Å². The summed E-state index contributed by atoms with van der Waals surface area (Å²) < 4.78 is 0. The Morgan fingerprint density at radius 3 is 2.65 bits per heavy atom. The van der Waals surface area contributed by atoms with Gasteiger partial charge in [0.15, 0.2) is 0 Å². The van der Waals surface area contributed by atoms with E-state index in [0.717, 1.165) is 0 Å². The molecule has 1 saturated heterocycles. The number of nitrogens with zero attached hydrogens (tertiary/aromatic N) is 3. The fourth-order valence-corrected chi connectivity index (χ4v) is 3.62. The summed E-state index contributed by atoms with van der Waals surface area (Å²) in [6.45, 7) is 0. The Morgan fingerprint density at radius 2 is 1.96 bits per heavy atom. The quantitative estimate of drug-likeness (QED) is 0.350. The number of ketones is 1. The average molecular weight is 371 g/mol. The van der Waals surface area contributed by atoms with Crippen LogP contribution in [0.25, 0.3) is 0 Å². The molecule has 4 rings (SSSR count). The van der Waals surface area contributed by atoms with E-state index in [1.807, 2.05) is 0 Å². The first-order valence-electron chi connectivity index (χ1n) is 7.44. The summed E-state index contributed by atoms with van der Waals surface area (Å²) >= 11 is 1.17. The van der Waals surface area contributed by atoms with Gasteiger partial charge in [-0.2, -0.15) is 0 Å². The summed E-state index contributed by atoms with van der Waals surface area (Å²) in [5.74, 6) is -3.27. The number of nitro groups is 1. The third-order valence-electron chi connectivity index (χ3n) is 4.11. The van der Waals surface area contributed by atoms with Gasteiger partial charge in [0.25, 0.3) is 11.6 Å². The van der Waals surface area contributed by atoms with Crippen molar-refractivity contribution < 1.29 is 24.1 Å². The van der Waals surface area contributed by atoms with E-state index in [0.29, 0.717) is 9.78 Å². The molecule has 0 bridgehead atoms. The molecular weight excluding hydrogens is 362 g/mol. The molecule has 0 unspecified atom stereocenters. The van der Waals surface area contributed by atoms with Crippen LogP contribution in [0.4, 0.5) is 11.4 Å². The number of anilines is 1. The minimum absolute atomic E-state index is 0.159. The van der Waals surface area contributed by atoms with Crippen LogP contribution < -0.4 is 4.90 Å². The van der Waals surface area contributed by atoms with Crippen molar-refractivity contribution in [3.63, 3.8) is 0 Å². The van der Waals surface area contributed by atoms with Crippen LogP contribution in [0.3, 0.4) is 0 Å². The zero-order chi connectivity index (χ0) is 18.4. The fourth-order valence-electron chi connectivity index (χ4n) is 2.95. The normalized spacial score (nSPS) is 21.4. The Bertz CT molecular complexity index is 984. The minimum Gasteiger partial charge on any atom is -0.381 e. The minimum atomic E-state index is -1.29. The maximum Gasteiger partial charge on any atom is 0.293 e. The second kappa shape index (κ2) is 5.85. The van der Waals surface area contributed by atoms with Gasteiger partial charge in [-0.15, -0.1) is 11.3 Å². The molecule has 1 aromatic heterocycles. The van der Waals surface area contributed by atoms with Gasteiger partial charge in [0, 0.05) is 6.07 Å². The summed E-state index contributed by atoms with van der Waals surface area (Å²) in [4.78, 5) is 54.6. The Morgan fingerprint density at radius 1 is 1.19 bits per heavy atom. The van der Waals surface area contributed by atoms with Crippen LogP contribution in [0, 0.1) is 16.0 Å². The predicted octanol–water partition coefficient (Wildman–Crippen LogP) is 1.78. The smallest absolute Gasteiger partial charge is 0.293 e. The zero-order valence-electron chi connectivity index (χ0n) is 12.9. The van der Waals surface area contributed by atoms with Crippen molar-refractivity contribution in [2.45, 2.75) is 6.10 Å². The van der Waals surface area contributed by atoms with Gasteiger partial charge in [0.1, 0.15) is 17.3 Å². The van der Waals surface area contributed by atoms with E-state index >= 15 is 0 Å². The van der Waals surface area contributed by atoms with E-state index in [2.05, 4.69) is 5.16 Å². The highest BCUT2D eigenvalue weighted by molar-refractivity contribution is 7.13. The summed E-state index contributed by atoms with van der Waals surface area (Å²) in [5, 5.41) is 16.5.